The molecule has 2 aromatic carbocycles. The van der Waals surface area contributed by atoms with E-state index >= 15 is 0 Å². The first-order valence-corrected chi connectivity index (χ1v) is 9.46. The summed E-state index contributed by atoms with van der Waals surface area (Å²) in [5.74, 6) is 0. The van der Waals surface area contributed by atoms with Crippen molar-refractivity contribution in [1.82, 2.24) is 4.90 Å². The van der Waals surface area contributed by atoms with Crippen LogP contribution in [0.25, 0.3) is 0 Å². The van der Waals surface area contributed by atoms with Crippen LogP contribution in [-0.2, 0) is 5.41 Å². The maximum absolute atomic E-state index is 2.37. The average Bonchev–Trinajstić information content (AvgIpc) is 2.68. The predicted octanol–water partition coefficient (Wildman–Crippen LogP) is 4.51. The highest BCUT2D eigenvalue weighted by Gasteiger charge is 2.33. The summed E-state index contributed by atoms with van der Waals surface area (Å²) in [6.45, 7) is 0. The molecule has 0 fully saturated rings. The Hall–Kier alpha value is -2.68. The van der Waals surface area contributed by atoms with Crippen molar-refractivity contribution in [2.45, 2.75) is 11.8 Å². The van der Waals surface area contributed by atoms with Crippen LogP contribution in [0.5, 0.6) is 0 Å². The highest BCUT2D eigenvalue weighted by molar-refractivity contribution is 5.56. The van der Waals surface area contributed by atoms with Crippen molar-refractivity contribution >= 4 is 11.4 Å². The fourth-order valence-corrected chi connectivity index (χ4v) is 3.67. The number of hydrogen-bond acceptors (Lipinski definition) is 3. The topological polar surface area (TPSA) is 9.72 Å². The van der Waals surface area contributed by atoms with Crippen LogP contribution in [0.1, 0.15) is 17.5 Å². The minimum Gasteiger partial charge on any atom is -0.378 e. The summed E-state index contributed by atoms with van der Waals surface area (Å²) >= 11 is 0. The molecular weight excluding hydrogens is 330 g/mol. The van der Waals surface area contributed by atoms with Gasteiger partial charge < -0.3 is 14.7 Å². The van der Waals surface area contributed by atoms with Crippen molar-refractivity contribution in [3.8, 4) is 0 Å². The molecule has 27 heavy (non-hydrogen) atoms. The van der Waals surface area contributed by atoms with Gasteiger partial charge in [0.1, 0.15) is 0 Å². The number of benzene rings is 2. The molecule has 0 aliphatic heterocycles. The zero-order chi connectivity index (χ0) is 19.6. The lowest BCUT2D eigenvalue weighted by Crippen LogP contribution is -2.28. The number of likely N-dealkylation sites (N-methyl/N-ethyl adjacent to an activating group) is 1. The third-order valence-corrected chi connectivity index (χ3v) is 5.49. The molecule has 0 radical (unpaired) electrons. The van der Waals surface area contributed by atoms with Gasteiger partial charge in [-0.25, -0.2) is 0 Å². The SMILES string of the molecule is CN(C)C1=CCC(c2ccc(N(C)C)cc2)(c2ccc(N(C)C)cc2)C=C1. The molecule has 0 heterocycles. The summed E-state index contributed by atoms with van der Waals surface area (Å²) in [5, 5.41) is 0. The highest BCUT2D eigenvalue weighted by atomic mass is 15.1. The van der Waals surface area contributed by atoms with E-state index in [1.54, 1.807) is 0 Å². The number of nitrogens with zero attached hydrogens (tertiary/aromatic N) is 3. The Bertz CT molecular complexity index is 773. The van der Waals surface area contributed by atoms with Crippen LogP contribution in [0.4, 0.5) is 11.4 Å². The van der Waals surface area contributed by atoms with E-state index in [1.807, 2.05) is 0 Å². The molecule has 142 valence electrons. The summed E-state index contributed by atoms with van der Waals surface area (Å²) in [6.07, 6.45) is 7.93. The summed E-state index contributed by atoms with van der Waals surface area (Å²) in [4.78, 5) is 6.46. The van der Waals surface area contributed by atoms with Gasteiger partial charge in [0.2, 0.25) is 0 Å². The second-order valence-corrected chi connectivity index (χ2v) is 7.91. The van der Waals surface area contributed by atoms with Gasteiger partial charge in [0.25, 0.3) is 0 Å². The fourth-order valence-electron chi connectivity index (χ4n) is 3.67. The summed E-state index contributed by atoms with van der Waals surface area (Å²) in [6, 6.07) is 17.9. The first-order chi connectivity index (χ1) is 12.8. The molecule has 3 heteroatoms. The van der Waals surface area contributed by atoms with Gasteiger partial charge in [0, 0.05) is 64.8 Å². The molecule has 1 aliphatic rings. The van der Waals surface area contributed by atoms with Crippen LogP contribution in [0, 0.1) is 0 Å². The second-order valence-electron chi connectivity index (χ2n) is 7.91. The third-order valence-electron chi connectivity index (χ3n) is 5.49. The second kappa shape index (κ2) is 7.51. The monoisotopic (exact) mass is 361 g/mol. The molecule has 0 spiro atoms. The Morgan fingerprint density at radius 3 is 1.37 bits per heavy atom. The van der Waals surface area contributed by atoms with Crippen LogP contribution in [0.15, 0.2) is 72.5 Å². The van der Waals surface area contributed by atoms with E-state index in [0.717, 1.165) is 6.42 Å². The normalized spacial score (nSPS) is 15.3. The molecule has 1 aliphatic carbocycles. The van der Waals surface area contributed by atoms with Crippen LogP contribution in [0.2, 0.25) is 0 Å². The Balaban J connectivity index is 2.06. The van der Waals surface area contributed by atoms with Gasteiger partial charge in [-0.05, 0) is 47.9 Å². The van der Waals surface area contributed by atoms with E-state index in [-0.39, 0.29) is 5.41 Å². The standard InChI is InChI=1S/C24H31N3/c1-25(2)21-11-7-19(8-12-21)24(17-15-23(16-18-24)27(5)6)20-9-13-22(14-10-20)26(3)4/h7-17H,18H2,1-6H3. The number of rotatable bonds is 5. The van der Waals surface area contributed by atoms with Gasteiger partial charge in [0.05, 0.1) is 0 Å². The van der Waals surface area contributed by atoms with Gasteiger partial charge in [-0.3, -0.25) is 0 Å². The average molecular weight is 362 g/mol. The molecule has 0 atom stereocenters. The van der Waals surface area contributed by atoms with Crippen molar-refractivity contribution < 1.29 is 0 Å². The maximum Gasteiger partial charge on any atom is 0.0420 e. The Labute approximate surface area is 164 Å². The Morgan fingerprint density at radius 1 is 0.630 bits per heavy atom. The fraction of sp³-hybridized carbons (Fsp3) is 0.333. The predicted molar refractivity (Wildman–Crippen MR) is 118 cm³/mol. The summed E-state index contributed by atoms with van der Waals surface area (Å²) in [5.41, 5.74) is 6.24. The molecule has 0 bridgehead atoms. The largest absolute Gasteiger partial charge is 0.378 e. The van der Waals surface area contributed by atoms with Crippen LogP contribution < -0.4 is 9.80 Å². The molecule has 0 N–H and O–H groups in total. The van der Waals surface area contributed by atoms with E-state index in [0.29, 0.717) is 0 Å². The lowest BCUT2D eigenvalue weighted by atomic mass is 9.70. The minimum atomic E-state index is -0.130. The van der Waals surface area contributed by atoms with Gasteiger partial charge in [-0.2, -0.15) is 0 Å². The molecule has 0 unspecified atom stereocenters. The smallest absolute Gasteiger partial charge is 0.0420 e. The molecule has 0 aromatic heterocycles. The molecular formula is C24H31N3. The van der Waals surface area contributed by atoms with E-state index in [1.165, 1.54) is 28.2 Å². The van der Waals surface area contributed by atoms with E-state index in [2.05, 4.69) is 124 Å². The van der Waals surface area contributed by atoms with Gasteiger partial charge >= 0.3 is 0 Å². The Kier molecular flexibility index (Phi) is 5.31. The molecule has 3 rings (SSSR count). The molecule has 2 aromatic rings. The van der Waals surface area contributed by atoms with E-state index < -0.39 is 0 Å². The number of anilines is 2. The molecule has 3 nitrogen and oxygen atoms in total. The zero-order valence-electron chi connectivity index (χ0n) is 17.4. The van der Waals surface area contributed by atoms with Gasteiger partial charge in [-0.15, -0.1) is 0 Å². The van der Waals surface area contributed by atoms with Crippen molar-refractivity contribution in [1.29, 1.82) is 0 Å². The number of allylic oxidation sites excluding steroid dienone is 3. The van der Waals surface area contributed by atoms with E-state index in [4.69, 9.17) is 0 Å². The summed E-state index contributed by atoms with van der Waals surface area (Å²) < 4.78 is 0. The molecule has 0 saturated carbocycles. The Morgan fingerprint density at radius 2 is 1.07 bits per heavy atom. The van der Waals surface area contributed by atoms with Crippen molar-refractivity contribution in [3.63, 3.8) is 0 Å². The summed E-state index contributed by atoms with van der Waals surface area (Å²) in [7, 11) is 12.5. The molecule has 0 saturated heterocycles. The van der Waals surface area contributed by atoms with Gasteiger partial charge in [-0.1, -0.05) is 36.4 Å². The van der Waals surface area contributed by atoms with Crippen molar-refractivity contribution in [3.05, 3.63) is 83.6 Å². The van der Waals surface area contributed by atoms with Crippen molar-refractivity contribution in [2.75, 3.05) is 52.1 Å². The third kappa shape index (κ3) is 3.73. The maximum atomic E-state index is 2.37. The quantitative estimate of drug-likeness (QED) is 0.776. The van der Waals surface area contributed by atoms with Gasteiger partial charge in [0.15, 0.2) is 0 Å². The number of hydrogen-bond donors (Lipinski definition) is 0. The van der Waals surface area contributed by atoms with Crippen molar-refractivity contribution in [2.24, 2.45) is 0 Å². The zero-order valence-corrected chi connectivity index (χ0v) is 17.4. The minimum absolute atomic E-state index is 0.130. The van der Waals surface area contributed by atoms with Crippen LogP contribution in [0.3, 0.4) is 0 Å². The first kappa shape index (κ1) is 19.1. The lowest BCUT2D eigenvalue weighted by Gasteiger charge is -2.35. The van der Waals surface area contributed by atoms with Crippen LogP contribution >= 0.6 is 0 Å². The lowest BCUT2D eigenvalue weighted by molar-refractivity contribution is 0.511. The highest BCUT2D eigenvalue weighted by Crippen LogP contribution is 2.41. The van der Waals surface area contributed by atoms with Crippen LogP contribution in [-0.4, -0.2) is 47.2 Å². The first-order valence-electron chi connectivity index (χ1n) is 9.46. The van der Waals surface area contributed by atoms with E-state index in [9.17, 15) is 0 Å². The molecule has 0 amide bonds.